The molecule has 0 spiro atoms. The summed E-state index contributed by atoms with van der Waals surface area (Å²) in [4.78, 5) is 0. The molecule has 0 aromatic heterocycles. The molecule has 0 aliphatic carbocycles. The first-order valence-corrected chi connectivity index (χ1v) is 20.4. The Morgan fingerprint density at radius 2 is 0.622 bits per heavy atom. The Morgan fingerprint density at radius 1 is 0.400 bits per heavy atom. The molecule has 0 atom stereocenters. The maximum atomic E-state index is 4.07. The van der Waals surface area contributed by atoms with Gasteiger partial charge in [0.25, 0.3) is 0 Å². The van der Waals surface area contributed by atoms with Gasteiger partial charge in [0, 0.05) is 10.6 Å². The van der Waals surface area contributed by atoms with Gasteiger partial charge in [-0.05, 0) is 97.7 Å². The molecule has 1 heterocycles. The lowest BCUT2D eigenvalue weighted by Crippen LogP contribution is -2.30. The van der Waals surface area contributed by atoms with Gasteiger partial charge >= 0.3 is 0 Å². The summed E-state index contributed by atoms with van der Waals surface area (Å²) >= 11 is 10.1. The van der Waals surface area contributed by atoms with Gasteiger partial charge in [-0.15, -0.1) is 0 Å². The molecule has 2 aromatic carbocycles. The van der Waals surface area contributed by atoms with Crippen LogP contribution in [0.3, 0.4) is 0 Å². The fourth-order valence-corrected chi connectivity index (χ4v) is 12.5. The van der Waals surface area contributed by atoms with Crippen LogP contribution in [0.2, 0.25) is 0 Å². The van der Waals surface area contributed by atoms with Crippen molar-refractivity contribution in [1.82, 2.24) is 0 Å². The highest BCUT2D eigenvalue weighted by molar-refractivity contribution is 9.15. The molecule has 0 saturated heterocycles. The quantitative estimate of drug-likeness (QED) is 0.273. The molecule has 0 radical (unpaired) electrons. The highest BCUT2D eigenvalue weighted by Crippen LogP contribution is 2.46. The Kier molecular flexibility index (Phi) is 11.3. The molecule has 0 unspecified atom stereocenters. The fourth-order valence-electron chi connectivity index (χ4n) is 5.38. The summed E-state index contributed by atoms with van der Waals surface area (Å²) in [6.07, 6.45) is 0. The van der Waals surface area contributed by atoms with E-state index < -0.39 is 0 Å². The maximum Gasteiger partial charge on any atom is 0.0558 e. The van der Waals surface area contributed by atoms with E-state index in [9.17, 15) is 0 Å². The summed E-state index contributed by atoms with van der Waals surface area (Å²) in [5.41, 5.74) is 8.98. The van der Waals surface area contributed by atoms with Crippen molar-refractivity contribution in [3.8, 4) is 0 Å². The molecule has 45 heavy (non-hydrogen) atoms. The van der Waals surface area contributed by atoms with Gasteiger partial charge in [-0.25, -0.2) is 0 Å². The number of hydrogen-bond donors (Lipinski definition) is 0. The monoisotopic (exact) mass is 790 g/mol. The lowest BCUT2D eigenvalue weighted by atomic mass is 9.75. The summed E-state index contributed by atoms with van der Waals surface area (Å²) < 4.78 is 5.11. The van der Waals surface area contributed by atoms with Crippen LogP contribution in [-0.4, -0.2) is 9.25 Å². The Bertz CT molecular complexity index is 1380. The molecule has 3 rings (SSSR count). The SMILES string of the molecule is CC(C)(C)c1cc(C(C)(C)C)c(P=C2SC(=Pc3c(C(C)(C)C)cc(C(C)(C)C)cc3C(C)(C)C)C(Br)=C2Br)c(C(C)(C)C)c1. The highest BCUT2D eigenvalue weighted by Gasteiger charge is 2.33. The smallest absolute Gasteiger partial charge is 0.0558 e. The molecule has 1 aliphatic rings. The third-order valence-corrected chi connectivity index (χ3v) is 15.8. The molecule has 0 bridgehead atoms. The van der Waals surface area contributed by atoms with Crippen molar-refractivity contribution >= 4 is 79.9 Å². The van der Waals surface area contributed by atoms with Gasteiger partial charge in [-0.1, -0.05) is 177 Å². The number of rotatable bonds is 2. The van der Waals surface area contributed by atoms with Gasteiger partial charge in [-0.3, -0.25) is 0 Å². The third kappa shape index (κ3) is 9.09. The summed E-state index contributed by atoms with van der Waals surface area (Å²) in [6, 6.07) is 9.98. The van der Waals surface area contributed by atoms with Gasteiger partial charge in [0.05, 0.1) is 18.2 Å². The van der Waals surface area contributed by atoms with Crippen LogP contribution in [0.4, 0.5) is 0 Å². The van der Waals surface area contributed by atoms with Crippen LogP contribution in [-0.2, 0) is 32.5 Å². The molecule has 0 amide bonds. The number of thioether (sulfide) groups is 1. The molecule has 1 aliphatic heterocycles. The van der Waals surface area contributed by atoms with Crippen molar-refractivity contribution in [2.75, 3.05) is 0 Å². The number of hydrogen-bond acceptors (Lipinski definition) is 1. The first kappa shape index (κ1) is 39.3. The molecular formula is C40H58Br2P2S. The second-order valence-electron chi connectivity index (χ2n) is 18.9. The highest BCUT2D eigenvalue weighted by atomic mass is 79.9. The summed E-state index contributed by atoms with van der Waals surface area (Å²) in [5.74, 6) is 0. The zero-order chi connectivity index (χ0) is 34.9. The van der Waals surface area contributed by atoms with Crippen LogP contribution in [0.25, 0.3) is 0 Å². The predicted molar refractivity (Wildman–Crippen MR) is 221 cm³/mol. The van der Waals surface area contributed by atoms with E-state index in [-0.39, 0.29) is 32.5 Å². The predicted octanol–water partition coefficient (Wildman–Crippen LogP) is 13.3. The molecular weight excluding hydrogens is 734 g/mol. The van der Waals surface area contributed by atoms with E-state index in [2.05, 4.69) is 181 Å². The minimum atomic E-state index is 0.0314. The van der Waals surface area contributed by atoms with Gasteiger partial charge in [-0.2, -0.15) is 0 Å². The first-order chi connectivity index (χ1) is 19.9. The van der Waals surface area contributed by atoms with Gasteiger partial charge < -0.3 is 0 Å². The number of halogens is 2. The first-order valence-electron chi connectivity index (χ1n) is 16.2. The van der Waals surface area contributed by atoms with Crippen molar-refractivity contribution in [3.63, 3.8) is 0 Å². The van der Waals surface area contributed by atoms with Crippen LogP contribution in [0.5, 0.6) is 0 Å². The molecule has 0 nitrogen and oxygen atoms in total. The minimum Gasteiger partial charge on any atom is -0.0775 e. The van der Waals surface area contributed by atoms with E-state index >= 15 is 0 Å². The zero-order valence-electron chi connectivity index (χ0n) is 31.4. The standard InChI is InChI=1S/C40H58Br2P2S/c1-35(2,3)23-19-25(37(7,8)9)31(26(20-23)38(10,11)12)43-33-29(41)30(42)34(45-33)44-32-27(39(13,14)15)21-24(36(4,5)6)22-28(32)40(16,17)18/h19-22H,1-18H3. The van der Waals surface area contributed by atoms with Crippen molar-refractivity contribution in [3.05, 3.63) is 66.6 Å². The normalized spacial score (nSPS) is 17.7. The van der Waals surface area contributed by atoms with Crippen molar-refractivity contribution in [2.45, 2.75) is 157 Å². The van der Waals surface area contributed by atoms with E-state index in [4.69, 9.17) is 0 Å². The average molecular weight is 793 g/mol. The topological polar surface area (TPSA) is 0 Å². The Labute approximate surface area is 301 Å². The third-order valence-electron chi connectivity index (χ3n) is 8.37. The molecule has 2 aromatic rings. The number of benzene rings is 2. The second-order valence-corrected chi connectivity index (χ2v) is 24.4. The molecule has 5 heteroatoms. The van der Waals surface area contributed by atoms with Crippen LogP contribution in [0, 0.1) is 0 Å². The zero-order valence-corrected chi connectivity index (χ0v) is 37.1. The Morgan fingerprint density at radius 3 is 0.800 bits per heavy atom. The van der Waals surface area contributed by atoms with Crippen molar-refractivity contribution in [2.24, 2.45) is 0 Å². The molecule has 0 fully saturated rings. The average Bonchev–Trinajstić information content (AvgIpc) is 3.07. The van der Waals surface area contributed by atoms with Gasteiger partial charge in [0.15, 0.2) is 0 Å². The van der Waals surface area contributed by atoms with Gasteiger partial charge in [0.2, 0.25) is 0 Å². The largest absolute Gasteiger partial charge is 0.0775 e. The van der Waals surface area contributed by atoms with E-state index in [0.717, 1.165) is 0 Å². The lowest BCUT2D eigenvalue weighted by molar-refractivity contribution is 0.553. The molecule has 0 saturated carbocycles. The Balaban J connectivity index is 2.36. The van der Waals surface area contributed by atoms with Crippen LogP contribution >= 0.6 is 60.0 Å². The van der Waals surface area contributed by atoms with E-state index in [1.54, 1.807) is 0 Å². The fraction of sp³-hybridized carbons (Fsp3) is 0.600. The van der Waals surface area contributed by atoms with Crippen LogP contribution in [0.1, 0.15) is 158 Å². The second kappa shape index (κ2) is 12.9. The minimum absolute atomic E-state index is 0.0314. The summed E-state index contributed by atoms with van der Waals surface area (Å²) in [6.45, 7) is 42.4. The summed E-state index contributed by atoms with van der Waals surface area (Å²) in [5, 5.41) is 2.92. The summed E-state index contributed by atoms with van der Waals surface area (Å²) in [7, 11) is 2.53. The van der Waals surface area contributed by atoms with Crippen molar-refractivity contribution < 1.29 is 0 Å². The van der Waals surface area contributed by atoms with E-state index in [0.29, 0.717) is 0 Å². The van der Waals surface area contributed by atoms with Crippen molar-refractivity contribution in [1.29, 1.82) is 0 Å². The lowest BCUT2D eigenvalue weighted by Gasteiger charge is -2.32. The molecule has 248 valence electrons. The maximum absolute atomic E-state index is 4.07. The van der Waals surface area contributed by atoms with Crippen LogP contribution < -0.4 is 10.6 Å². The van der Waals surface area contributed by atoms with Gasteiger partial charge in [0.1, 0.15) is 0 Å². The van der Waals surface area contributed by atoms with E-state index in [1.807, 2.05) is 11.8 Å². The van der Waals surface area contributed by atoms with Crippen LogP contribution in [0.15, 0.2) is 33.2 Å². The Hall–Kier alpha value is -0.170. The molecule has 0 N–H and O–H groups in total. The van der Waals surface area contributed by atoms with E-state index in [1.165, 1.54) is 78.6 Å².